The summed E-state index contributed by atoms with van der Waals surface area (Å²) in [7, 11) is 0. The van der Waals surface area contributed by atoms with Crippen molar-refractivity contribution in [1.82, 2.24) is 9.13 Å². The number of aliphatic carboxylic acids is 1. The quantitative estimate of drug-likeness (QED) is 0.873. The van der Waals surface area contributed by atoms with Crippen molar-refractivity contribution in [1.29, 1.82) is 0 Å². The van der Waals surface area contributed by atoms with E-state index in [0.717, 1.165) is 19.3 Å². The predicted molar refractivity (Wildman–Crippen MR) is 87.7 cm³/mol. The fourth-order valence-corrected chi connectivity index (χ4v) is 3.72. The molecule has 1 aliphatic rings. The minimum Gasteiger partial charge on any atom is -0.480 e. The highest BCUT2D eigenvalue weighted by atomic mass is 32.1. The maximum absolute atomic E-state index is 11.4. The SMILES string of the molecule is CCC(C(=O)O)n1ccn(C2CCc3ccccc3C2)c1=S. The van der Waals surface area contributed by atoms with Crippen molar-refractivity contribution in [3.05, 3.63) is 52.6 Å². The number of benzene rings is 1. The number of fused-ring (bicyclic) bond motifs is 1. The Morgan fingerprint density at radius 2 is 2.09 bits per heavy atom. The minimum absolute atomic E-state index is 0.315. The molecule has 0 amide bonds. The van der Waals surface area contributed by atoms with Gasteiger partial charge in [0.15, 0.2) is 4.77 Å². The number of hydrogen-bond donors (Lipinski definition) is 1. The van der Waals surface area contributed by atoms with Crippen LogP contribution in [0.5, 0.6) is 0 Å². The van der Waals surface area contributed by atoms with E-state index < -0.39 is 12.0 Å². The van der Waals surface area contributed by atoms with Gasteiger partial charge in [0.2, 0.25) is 0 Å². The Balaban J connectivity index is 1.90. The van der Waals surface area contributed by atoms with Crippen molar-refractivity contribution < 1.29 is 9.90 Å². The van der Waals surface area contributed by atoms with E-state index in [0.29, 0.717) is 17.2 Å². The highest BCUT2D eigenvalue weighted by Crippen LogP contribution is 2.29. The second-order valence-corrected chi connectivity index (χ2v) is 6.19. The number of imidazole rings is 1. The van der Waals surface area contributed by atoms with Gasteiger partial charge in [-0.05, 0) is 49.0 Å². The van der Waals surface area contributed by atoms with Crippen molar-refractivity contribution in [2.45, 2.75) is 44.7 Å². The monoisotopic (exact) mass is 316 g/mol. The molecule has 2 atom stereocenters. The van der Waals surface area contributed by atoms with Gasteiger partial charge in [0.25, 0.3) is 0 Å². The number of carboxylic acid groups (broad SMARTS) is 1. The fraction of sp³-hybridized carbons (Fsp3) is 0.412. The van der Waals surface area contributed by atoms with Crippen LogP contribution in [0, 0.1) is 4.77 Å². The number of aryl methyl sites for hydroxylation is 1. The topological polar surface area (TPSA) is 47.2 Å². The first kappa shape index (κ1) is 15.0. The molecule has 22 heavy (non-hydrogen) atoms. The Hall–Kier alpha value is -1.88. The van der Waals surface area contributed by atoms with Crippen molar-refractivity contribution >= 4 is 18.2 Å². The highest BCUT2D eigenvalue weighted by Gasteiger charge is 2.23. The molecule has 5 heteroatoms. The van der Waals surface area contributed by atoms with Gasteiger partial charge in [-0.15, -0.1) is 0 Å². The van der Waals surface area contributed by atoms with Crippen LogP contribution in [0.15, 0.2) is 36.7 Å². The number of carbonyl (C=O) groups is 1. The first-order valence-corrected chi connectivity index (χ1v) is 8.11. The van der Waals surface area contributed by atoms with Gasteiger partial charge < -0.3 is 14.2 Å². The number of aromatic nitrogens is 2. The molecule has 1 aromatic heterocycles. The summed E-state index contributed by atoms with van der Waals surface area (Å²) in [5.41, 5.74) is 2.79. The second-order valence-electron chi connectivity index (χ2n) is 5.82. The van der Waals surface area contributed by atoms with E-state index in [-0.39, 0.29) is 0 Å². The zero-order chi connectivity index (χ0) is 15.7. The molecule has 0 radical (unpaired) electrons. The molecule has 2 aromatic rings. The molecule has 116 valence electrons. The molecule has 0 fully saturated rings. The molecular weight excluding hydrogens is 296 g/mol. The first-order chi connectivity index (χ1) is 10.6. The van der Waals surface area contributed by atoms with Gasteiger partial charge >= 0.3 is 5.97 Å². The van der Waals surface area contributed by atoms with Crippen molar-refractivity contribution in [2.24, 2.45) is 0 Å². The molecule has 0 aliphatic heterocycles. The maximum atomic E-state index is 11.4. The lowest BCUT2D eigenvalue weighted by molar-refractivity contribution is -0.141. The summed E-state index contributed by atoms with van der Waals surface area (Å²) in [6, 6.07) is 8.25. The van der Waals surface area contributed by atoms with Gasteiger partial charge in [0.05, 0.1) is 0 Å². The third kappa shape index (κ3) is 2.61. The Morgan fingerprint density at radius 3 is 2.77 bits per heavy atom. The van der Waals surface area contributed by atoms with Crippen molar-refractivity contribution in [3.8, 4) is 0 Å². The molecule has 1 aliphatic carbocycles. The molecule has 0 saturated carbocycles. The zero-order valence-corrected chi connectivity index (χ0v) is 13.4. The summed E-state index contributed by atoms with van der Waals surface area (Å²) < 4.78 is 4.38. The largest absolute Gasteiger partial charge is 0.480 e. The van der Waals surface area contributed by atoms with Crippen molar-refractivity contribution in [2.75, 3.05) is 0 Å². The number of nitrogens with zero attached hydrogens (tertiary/aromatic N) is 2. The molecule has 2 unspecified atom stereocenters. The summed E-state index contributed by atoms with van der Waals surface area (Å²) in [5, 5.41) is 9.32. The van der Waals surface area contributed by atoms with Crippen LogP contribution in [-0.4, -0.2) is 20.2 Å². The van der Waals surface area contributed by atoms with E-state index in [9.17, 15) is 9.90 Å². The Morgan fingerprint density at radius 1 is 1.36 bits per heavy atom. The molecule has 0 spiro atoms. The standard InChI is InChI=1S/C17H20N2O2S/c1-2-15(16(20)21)19-10-9-18(17(19)22)14-8-7-12-5-3-4-6-13(12)11-14/h3-6,9-10,14-15H,2,7-8,11H2,1H3,(H,20,21). The van der Waals surface area contributed by atoms with Crippen LogP contribution < -0.4 is 0 Å². The molecular formula is C17H20N2O2S. The summed E-state index contributed by atoms with van der Waals surface area (Å²) >= 11 is 5.53. The van der Waals surface area contributed by atoms with Crippen LogP contribution in [-0.2, 0) is 17.6 Å². The molecule has 1 aromatic carbocycles. The molecule has 0 bridgehead atoms. The van der Waals surface area contributed by atoms with Crippen LogP contribution in [0.25, 0.3) is 0 Å². The van der Waals surface area contributed by atoms with E-state index in [2.05, 4.69) is 28.8 Å². The summed E-state index contributed by atoms with van der Waals surface area (Å²) in [4.78, 5) is 11.4. The zero-order valence-electron chi connectivity index (χ0n) is 12.6. The van der Waals surface area contributed by atoms with Gasteiger partial charge in [0.1, 0.15) is 6.04 Å². The lowest BCUT2D eigenvalue weighted by Crippen LogP contribution is -2.21. The fourth-order valence-electron chi connectivity index (χ4n) is 3.33. The van der Waals surface area contributed by atoms with Gasteiger partial charge in [-0.25, -0.2) is 4.79 Å². The van der Waals surface area contributed by atoms with E-state index >= 15 is 0 Å². The molecule has 0 saturated heterocycles. The number of hydrogen-bond acceptors (Lipinski definition) is 2. The Labute approximate surface area is 135 Å². The lowest BCUT2D eigenvalue weighted by atomic mass is 9.88. The third-order valence-corrected chi connectivity index (χ3v) is 4.97. The summed E-state index contributed by atoms with van der Waals surface area (Å²) in [6.45, 7) is 1.87. The first-order valence-electron chi connectivity index (χ1n) is 7.70. The average molecular weight is 316 g/mol. The van der Waals surface area contributed by atoms with Crippen LogP contribution >= 0.6 is 12.2 Å². The average Bonchev–Trinajstić information content (AvgIpc) is 2.89. The number of carboxylic acids is 1. The second kappa shape index (κ2) is 6.08. The number of rotatable bonds is 4. The van der Waals surface area contributed by atoms with Gasteiger partial charge in [0, 0.05) is 18.4 Å². The van der Waals surface area contributed by atoms with E-state index in [1.165, 1.54) is 11.1 Å². The van der Waals surface area contributed by atoms with Gasteiger partial charge in [-0.1, -0.05) is 31.2 Å². The molecule has 1 N–H and O–H groups in total. The summed E-state index contributed by atoms with van der Waals surface area (Å²) in [6.07, 6.45) is 7.32. The van der Waals surface area contributed by atoms with Gasteiger partial charge in [-0.3, -0.25) is 0 Å². The lowest BCUT2D eigenvalue weighted by Gasteiger charge is -2.26. The minimum atomic E-state index is -0.828. The van der Waals surface area contributed by atoms with E-state index in [4.69, 9.17) is 12.2 Å². The molecule has 1 heterocycles. The van der Waals surface area contributed by atoms with E-state index in [1.807, 2.05) is 19.3 Å². The Kier molecular flexibility index (Phi) is 4.16. The summed E-state index contributed by atoms with van der Waals surface area (Å²) in [5.74, 6) is -0.828. The Bertz CT molecular complexity index is 747. The van der Waals surface area contributed by atoms with Gasteiger partial charge in [-0.2, -0.15) is 0 Å². The predicted octanol–water partition coefficient (Wildman–Crippen LogP) is 3.78. The van der Waals surface area contributed by atoms with E-state index in [1.54, 1.807) is 4.57 Å². The van der Waals surface area contributed by atoms with Crippen LogP contribution in [0.2, 0.25) is 0 Å². The normalized spacial score (nSPS) is 18.7. The highest BCUT2D eigenvalue weighted by molar-refractivity contribution is 7.71. The van der Waals surface area contributed by atoms with Crippen LogP contribution in [0.3, 0.4) is 0 Å². The van der Waals surface area contributed by atoms with Crippen molar-refractivity contribution in [3.63, 3.8) is 0 Å². The molecule has 3 rings (SSSR count). The maximum Gasteiger partial charge on any atom is 0.326 e. The third-order valence-electron chi connectivity index (χ3n) is 4.55. The smallest absolute Gasteiger partial charge is 0.326 e. The van der Waals surface area contributed by atoms with Crippen LogP contribution in [0.4, 0.5) is 0 Å². The molecule has 4 nitrogen and oxygen atoms in total. The van der Waals surface area contributed by atoms with Crippen LogP contribution in [0.1, 0.15) is 43.0 Å².